The minimum atomic E-state index is -3.57. The first-order valence-electron chi connectivity index (χ1n) is 5.63. The largest absolute Gasteiger partial charge is 0.465 e. The van der Waals surface area contributed by atoms with Gasteiger partial charge in [0.2, 0.25) is 0 Å². The van der Waals surface area contributed by atoms with Crippen LogP contribution >= 0.6 is 7.60 Å². The van der Waals surface area contributed by atoms with Crippen LogP contribution in [0.2, 0.25) is 0 Å². The molecular weight excluding hydrogens is 253 g/mol. The summed E-state index contributed by atoms with van der Waals surface area (Å²) in [5, 5.41) is 9.19. The van der Waals surface area contributed by atoms with E-state index in [-0.39, 0.29) is 18.5 Å². The van der Waals surface area contributed by atoms with Gasteiger partial charge in [-0.2, -0.15) is 5.26 Å². The van der Waals surface area contributed by atoms with Crippen LogP contribution in [-0.2, 0) is 13.6 Å². The second-order valence-corrected chi connectivity index (χ2v) is 5.35. The van der Waals surface area contributed by atoms with E-state index in [0.717, 1.165) is 0 Å². The van der Waals surface area contributed by atoms with E-state index in [1.807, 2.05) is 6.07 Å². The molecule has 98 valence electrons. The molecule has 0 aliphatic rings. The third-order valence-corrected chi connectivity index (χ3v) is 4.40. The average Bonchev–Trinajstić information content (AvgIpc) is 2.83. The first kappa shape index (κ1) is 14.7. The summed E-state index contributed by atoms with van der Waals surface area (Å²) < 4.78 is 28.0. The molecule has 0 saturated carbocycles. The van der Waals surface area contributed by atoms with E-state index in [1.54, 1.807) is 32.9 Å². The Kier molecular flexibility index (Phi) is 5.36. The van der Waals surface area contributed by atoms with Gasteiger partial charge in [0.15, 0.2) is 0 Å². The molecule has 0 spiro atoms. The Morgan fingerprint density at radius 2 is 2.06 bits per heavy atom. The molecule has 0 aliphatic heterocycles. The van der Waals surface area contributed by atoms with E-state index in [0.29, 0.717) is 11.3 Å². The van der Waals surface area contributed by atoms with Crippen molar-refractivity contribution in [3.05, 3.63) is 29.5 Å². The van der Waals surface area contributed by atoms with Gasteiger partial charge in [-0.1, -0.05) is 0 Å². The van der Waals surface area contributed by atoms with E-state index in [9.17, 15) is 9.83 Å². The number of furan rings is 1. The Labute approximate surface area is 107 Å². The summed E-state index contributed by atoms with van der Waals surface area (Å²) in [4.78, 5) is 0. The van der Waals surface area contributed by atoms with Crippen molar-refractivity contribution in [2.45, 2.75) is 20.8 Å². The third kappa shape index (κ3) is 3.11. The Morgan fingerprint density at radius 1 is 1.44 bits per heavy atom. The minimum absolute atomic E-state index is 0.0128. The quantitative estimate of drug-likeness (QED) is 0.580. The van der Waals surface area contributed by atoms with Gasteiger partial charge >= 0.3 is 7.60 Å². The van der Waals surface area contributed by atoms with Crippen molar-refractivity contribution < 1.29 is 18.0 Å². The zero-order chi connectivity index (χ0) is 13.6. The first-order chi connectivity index (χ1) is 8.59. The van der Waals surface area contributed by atoms with Gasteiger partial charge in [0, 0.05) is 5.57 Å². The monoisotopic (exact) mass is 269 g/mol. The summed E-state index contributed by atoms with van der Waals surface area (Å²) in [6.45, 7) is 5.45. The fraction of sp³-hybridized carbons (Fsp3) is 0.417. The molecule has 0 saturated heterocycles. The summed E-state index contributed by atoms with van der Waals surface area (Å²) in [6.07, 6.45) is 1.49. The predicted octanol–water partition coefficient (Wildman–Crippen LogP) is 3.80. The molecule has 0 radical (unpaired) electrons. The SMILES string of the molecule is CCOP(=O)(OCC)/C(C#N)=C(/C)c1ccco1. The van der Waals surface area contributed by atoms with Crippen molar-refractivity contribution >= 4 is 13.2 Å². The zero-order valence-corrected chi connectivity index (χ0v) is 11.6. The lowest BCUT2D eigenvalue weighted by atomic mass is 10.2. The van der Waals surface area contributed by atoms with Gasteiger partial charge in [0.05, 0.1) is 19.5 Å². The molecule has 0 bridgehead atoms. The first-order valence-corrected chi connectivity index (χ1v) is 7.17. The summed E-state index contributed by atoms with van der Waals surface area (Å²) in [5.41, 5.74) is 0.465. The number of rotatable bonds is 6. The maximum absolute atomic E-state index is 12.5. The van der Waals surface area contributed by atoms with E-state index in [2.05, 4.69) is 0 Å². The number of nitrogens with zero attached hydrogens (tertiary/aromatic N) is 1. The predicted molar refractivity (Wildman–Crippen MR) is 67.8 cm³/mol. The van der Waals surface area contributed by atoms with Crippen molar-refractivity contribution in [1.82, 2.24) is 0 Å². The highest BCUT2D eigenvalue weighted by molar-refractivity contribution is 7.59. The van der Waals surface area contributed by atoms with E-state index < -0.39 is 7.60 Å². The molecule has 1 aromatic rings. The number of nitriles is 1. The van der Waals surface area contributed by atoms with Gasteiger partial charge in [-0.3, -0.25) is 4.57 Å². The Morgan fingerprint density at radius 3 is 2.44 bits per heavy atom. The minimum Gasteiger partial charge on any atom is -0.465 e. The Hall–Kier alpha value is -1.34. The molecule has 6 heteroatoms. The Balaban J connectivity index is 3.27. The van der Waals surface area contributed by atoms with Crippen molar-refractivity contribution in [3.8, 4) is 6.07 Å². The molecule has 1 heterocycles. The Bertz CT molecular complexity index is 489. The van der Waals surface area contributed by atoms with Crippen molar-refractivity contribution in [3.63, 3.8) is 0 Å². The summed E-state index contributed by atoms with van der Waals surface area (Å²) in [5.74, 6) is 0.478. The van der Waals surface area contributed by atoms with Crippen LogP contribution in [0, 0.1) is 11.3 Å². The standard InChI is InChI=1S/C12H16NO4P/c1-4-16-18(14,17-5-2)12(9-13)10(3)11-7-6-8-15-11/h6-8H,4-5H2,1-3H3/b12-10-. The second kappa shape index (κ2) is 6.55. The van der Waals surface area contributed by atoms with Crippen LogP contribution in [0.4, 0.5) is 0 Å². The van der Waals surface area contributed by atoms with Crippen LogP contribution in [0.3, 0.4) is 0 Å². The van der Waals surface area contributed by atoms with E-state index >= 15 is 0 Å². The smallest absolute Gasteiger partial charge is 0.372 e. The van der Waals surface area contributed by atoms with Gasteiger partial charge in [-0.05, 0) is 32.9 Å². The van der Waals surface area contributed by atoms with Crippen molar-refractivity contribution in [2.75, 3.05) is 13.2 Å². The highest BCUT2D eigenvalue weighted by Crippen LogP contribution is 2.57. The number of hydrogen-bond donors (Lipinski definition) is 0. The van der Waals surface area contributed by atoms with Crippen LogP contribution in [-0.4, -0.2) is 13.2 Å². The molecule has 1 aromatic heterocycles. The molecule has 0 aromatic carbocycles. The third-order valence-electron chi connectivity index (χ3n) is 2.22. The summed E-state index contributed by atoms with van der Waals surface area (Å²) >= 11 is 0. The molecule has 0 amide bonds. The molecule has 0 aliphatic carbocycles. The van der Waals surface area contributed by atoms with Crippen LogP contribution in [0.25, 0.3) is 5.57 Å². The fourth-order valence-electron chi connectivity index (χ4n) is 1.47. The van der Waals surface area contributed by atoms with Gasteiger partial charge in [0.1, 0.15) is 17.1 Å². The zero-order valence-electron chi connectivity index (χ0n) is 10.7. The molecular formula is C12H16NO4P. The topological polar surface area (TPSA) is 72.5 Å². The highest BCUT2D eigenvalue weighted by atomic mass is 31.2. The molecule has 18 heavy (non-hydrogen) atoms. The number of hydrogen-bond acceptors (Lipinski definition) is 5. The second-order valence-electron chi connectivity index (χ2n) is 3.40. The van der Waals surface area contributed by atoms with Gasteiger partial charge < -0.3 is 13.5 Å². The van der Waals surface area contributed by atoms with Crippen LogP contribution in [0.1, 0.15) is 26.5 Å². The fourth-order valence-corrected chi connectivity index (χ4v) is 3.12. The van der Waals surface area contributed by atoms with Crippen LogP contribution in [0.15, 0.2) is 28.1 Å². The van der Waals surface area contributed by atoms with Crippen molar-refractivity contribution in [2.24, 2.45) is 0 Å². The van der Waals surface area contributed by atoms with Crippen LogP contribution < -0.4 is 0 Å². The molecule has 5 nitrogen and oxygen atoms in total. The lowest BCUT2D eigenvalue weighted by molar-refractivity contribution is 0.227. The average molecular weight is 269 g/mol. The maximum atomic E-state index is 12.5. The molecule has 0 fully saturated rings. The van der Waals surface area contributed by atoms with E-state index in [4.69, 9.17) is 13.5 Å². The van der Waals surface area contributed by atoms with Crippen molar-refractivity contribution in [1.29, 1.82) is 5.26 Å². The molecule has 0 atom stereocenters. The molecule has 1 rings (SSSR count). The normalized spacial score (nSPS) is 13.0. The number of allylic oxidation sites excluding steroid dienone is 2. The van der Waals surface area contributed by atoms with Crippen LogP contribution in [0.5, 0.6) is 0 Å². The summed E-state index contributed by atoms with van der Waals surface area (Å²) in [7, 11) is -3.57. The lowest BCUT2D eigenvalue weighted by Crippen LogP contribution is -1.99. The summed E-state index contributed by atoms with van der Waals surface area (Å²) in [6, 6.07) is 5.29. The molecule has 0 N–H and O–H groups in total. The maximum Gasteiger partial charge on any atom is 0.372 e. The lowest BCUT2D eigenvalue weighted by Gasteiger charge is -2.17. The van der Waals surface area contributed by atoms with Gasteiger partial charge in [0.25, 0.3) is 0 Å². The van der Waals surface area contributed by atoms with E-state index in [1.165, 1.54) is 6.26 Å². The molecule has 0 unspecified atom stereocenters. The van der Waals surface area contributed by atoms with Gasteiger partial charge in [-0.15, -0.1) is 0 Å². The highest BCUT2D eigenvalue weighted by Gasteiger charge is 2.32. The van der Waals surface area contributed by atoms with Gasteiger partial charge in [-0.25, -0.2) is 0 Å².